The lowest BCUT2D eigenvalue weighted by Crippen LogP contribution is -2.31. The number of hydrogen-bond acceptors (Lipinski definition) is 6. The zero-order valence-corrected chi connectivity index (χ0v) is 20.2. The van der Waals surface area contributed by atoms with Crippen molar-refractivity contribution in [3.63, 3.8) is 0 Å². The number of aryl methyl sites for hydroxylation is 1. The summed E-state index contributed by atoms with van der Waals surface area (Å²) in [5.74, 6) is 1.70. The van der Waals surface area contributed by atoms with Crippen molar-refractivity contribution < 1.29 is 22.4 Å². The molecule has 1 aromatic heterocycles. The fourth-order valence-electron chi connectivity index (χ4n) is 4.08. The number of aromatic nitrogens is 1. The van der Waals surface area contributed by atoms with Gasteiger partial charge < -0.3 is 14.5 Å². The van der Waals surface area contributed by atoms with Gasteiger partial charge in [0.25, 0.3) is 10.0 Å². The smallest absolute Gasteiger partial charge is 0.261 e. The molecule has 3 aromatic rings. The Morgan fingerprint density at radius 1 is 1.12 bits per heavy atom. The van der Waals surface area contributed by atoms with Crippen LogP contribution in [0, 0.1) is 12.8 Å². The second kappa shape index (κ2) is 10.3. The second-order valence-electron chi connectivity index (χ2n) is 8.44. The molecule has 0 spiro atoms. The molecule has 0 unspecified atom stereocenters. The van der Waals surface area contributed by atoms with Crippen molar-refractivity contribution in [2.45, 2.75) is 50.5 Å². The molecule has 0 radical (unpaired) electrons. The molecule has 1 amide bonds. The molecule has 1 heterocycles. The first kappa shape index (κ1) is 23.8. The van der Waals surface area contributed by atoms with Crippen LogP contribution in [-0.2, 0) is 21.4 Å². The lowest BCUT2D eigenvalue weighted by atomic mass is 9.89. The Morgan fingerprint density at radius 3 is 2.56 bits per heavy atom. The van der Waals surface area contributed by atoms with Crippen molar-refractivity contribution in [1.29, 1.82) is 0 Å². The SMILES string of the molecule is COc1ccc(S(=O)(=O)Nc2cccc(-c3nc(CNC(=O)C4CCCCC4)c(C)o3)c2)cc1. The number of oxazole rings is 1. The van der Waals surface area contributed by atoms with E-state index in [9.17, 15) is 13.2 Å². The van der Waals surface area contributed by atoms with Gasteiger partial charge in [0.05, 0.1) is 18.6 Å². The summed E-state index contributed by atoms with van der Waals surface area (Å²) in [7, 11) is -2.25. The van der Waals surface area contributed by atoms with Crippen LogP contribution >= 0.6 is 0 Å². The van der Waals surface area contributed by atoms with E-state index in [0.29, 0.717) is 40.9 Å². The normalized spacial score (nSPS) is 14.5. The Hall–Kier alpha value is -3.33. The fourth-order valence-corrected chi connectivity index (χ4v) is 5.13. The highest BCUT2D eigenvalue weighted by Crippen LogP contribution is 2.27. The molecule has 2 N–H and O–H groups in total. The van der Waals surface area contributed by atoms with Gasteiger partial charge in [-0.05, 0) is 62.2 Å². The van der Waals surface area contributed by atoms with Crippen LogP contribution in [0.4, 0.5) is 5.69 Å². The summed E-state index contributed by atoms with van der Waals surface area (Å²) in [6.07, 6.45) is 5.28. The van der Waals surface area contributed by atoms with Crippen LogP contribution in [0.25, 0.3) is 11.5 Å². The first-order valence-corrected chi connectivity index (χ1v) is 12.9. The highest BCUT2D eigenvalue weighted by Gasteiger charge is 2.22. The number of carbonyl (C=O) groups excluding carboxylic acids is 1. The average molecular weight is 484 g/mol. The molecule has 0 aliphatic heterocycles. The second-order valence-corrected chi connectivity index (χ2v) is 10.1. The van der Waals surface area contributed by atoms with Crippen molar-refractivity contribution in [2.24, 2.45) is 5.92 Å². The summed E-state index contributed by atoms with van der Waals surface area (Å²) in [5.41, 5.74) is 1.67. The molecule has 180 valence electrons. The molecule has 1 aliphatic rings. The van der Waals surface area contributed by atoms with E-state index < -0.39 is 10.0 Å². The van der Waals surface area contributed by atoms with Gasteiger partial charge in [0.1, 0.15) is 17.2 Å². The maximum absolute atomic E-state index is 12.8. The van der Waals surface area contributed by atoms with E-state index >= 15 is 0 Å². The average Bonchev–Trinajstić information content (AvgIpc) is 3.23. The quantitative estimate of drug-likeness (QED) is 0.482. The molecule has 34 heavy (non-hydrogen) atoms. The molecule has 1 aliphatic carbocycles. The minimum atomic E-state index is -3.77. The predicted molar refractivity (Wildman–Crippen MR) is 129 cm³/mol. The molecule has 9 heteroatoms. The summed E-state index contributed by atoms with van der Waals surface area (Å²) < 4.78 is 39.0. The Balaban J connectivity index is 1.45. The van der Waals surface area contributed by atoms with E-state index in [4.69, 9.17) is 9.15 Å². The summed E-state index contributed by atoms with van der Waals surface area (Å²) in [5, 5.41) is 2.98. The molecule has 2 aromatic carbocycles. The summed E-state index contributed by atoms with van der Waals surface area (Å²) in [4.78, 5) is 17.1. The van der Waals surface area contributed by atoms with Crippen LogP contribution in [0.2, 0.25) is 0 Å². The largest absolute Gasteiger partial charge is 0.497 e. The topological polar surface area (TPSA) is 111 Å². The van der Waals surface area contributed by atoms with Crippen molar-refractivity contribution >= 4 is 21.6 Å². The fraction of sp³-hybridized carbons (Fsp3) is 0.360. The lowest BCUT2D eigenvalue weighted by Gasteiger charge is -2.20. The van der Waals surface area contributed by atoms with Gasteiger partial charge in [-0.25, -0.2) is 13.4 Å². The zero-order chi connectivity index (χ0) is 24.1. The molecular weight excluding hydrogens is 454 g/mol. The number of methoxy groups -OCH3 is 1. The Kier molecular flexibility index (Phi) is 7.21. The van der Waals surface area contributed by atoms with Gasteiger partial charge in [-0.3, -0.25) is 9.52 Å². The van der Waals surface area contributed by atoms with Gasteiger partial charge in [0.2, 0.25) is 11.8 Å². The number of nitrogens with zero attached hydrogens (tertiary/aromatic N) is 1. The molecule has 4 rings (SSSR count). The number of anilines is 1. The molecule has 0 saturated heterocycles. The van der Waals surface area contributed by atoms with E-state index in [0.717, 1.165) is 25.7 Å². The maximum atomic E-state index is 12.8. The van der Waals surface area contributed by atoms with Gasteiger partial charge in [0.15, 0.2) is 0 Å². The summed E-state index contributed by atoms with van der Waals surface area (Å²) >= 11 is 0. The standard InChI is InChI=1S/C25H29N3O5S/c1-17-23(16-26-24(29)18-7-4-3-5-8-18)27-25(33-17)19-9-6-10-20(15-19)28-34(30,31)22-13-11-21(32-2)12-14-22/h6,9-15,18,28H,3-5,7-8,16H2,1-2H3,(H,26,29). The Labute approximate surface area is 199 Å². The van der Waals surface area contributed by atoms with Crippen LogP contribution < -0.4 is 14.8 Å². The van der Waals surface area contributed by atoms with Crippen molar-refractivity contribution in [3.8, 4) is 17.2 Å². The van der Waals surface area contributed by atoms with Gasteiger partial charge in [-0.15, -0.1) is 0 Å². The van der Waals surface area contributed by atoms with E-state index in [1.807, 2.05) is 0 Å². The maximum Gasteiger partial charge on any atom is 0.261 e. The number of ether oxygens (including phenoxy) is 1. The van der Waals surface area contributed by atoms with E-state index in [-0.39, 0.29) is 16.7 Å². The lowest BCUT2D eigenvalue weighted by molar-refractivity contribution is -0.126. The Morgan fingerprint density at radius 2 is 1.85 bits per heavy atom. The molecular formula is C25H29N3O5S. The summed E-state index contributed by atoms with van der Waals surface area (Å²) in [6.45, 7) is 2.10. The van der Waals surface area contributed by atoms with E-state index in [1.165, 1.54) is 25.7 Å². The van der Waals surface area contributed by atoms with Gasteiger partial charge in [-0.1, -0.05) is 25.3 Å². The number of hydrogen-bond donors (Lipinski definition) is 2. The molecule has 1 saturated carbocycles. The number of nitrogens with one attached hydrogen (secondary N) is 2. The number of carbonyl (C=O) groups is 1. The predicted octanol–water partition coefficient (Wildman–Crippen LogP) is 4.66. The third-order valence-corrected chi connectivity index (χ3v) is 7.43. The third-order valence-electron chi connectivity index (χ3n) is 6.03. The highest BCUT2D eigenvalue weighted by molar-refractivity contribution is 7.92. The van der Waals surface area contributed by atoms with Crippen molar-refractivity contribution in [1.82, 2.24) is 10.3 Å². The minimum Gasteiger partial charge on any atom is -0.497 e. The molecule has 1 fully saturated rings. The van der Waals surface area contributed by atoms with Crippen molar-refractivity contribution in [2.75, 3.05) is 11.8 Å². The number of benzene rings is 2. The molecule has 8 nitrogen and oxygen atoms in total. The number of rotatable bonds is 8. The first-order valence-electron chi connectivity index (χ1n) is 11.4. The highest BCUT2D eigenvalue weighted by atomic mass is 32.2. The Bertz CT molecular complexity index is 1250. The molecule has 0 bridgehead atoms. The molecule has 0 atom stereocenters. The number of sulfonamides is 1. The van der Waals surface area contributed by atoms with E-state index in [1.54, 1.807) is 43.3 Å². The third kappa shape index (κ3) is 5.59. The van der Waals surface area contributed by atoms with Gasteiger partial charge in [0, 0.05) is 17.2 Å². The van der Waals surface area contributed by atoms with Crippen LogP contribution in [-0.4, -0.2) is 26.4 Å². The summed E-state index contributed by atoms with van der Waals surface area (Å²) in [6, 6.07) is 13.0. The van der Waals surface area contributed by atoms with Crippen LogP contribution in [0.15, 0.2) is 57.8 Å². The monoisotopic (exact) mass is 483 g/mol. The number of amides is 1. The van der Waals surface area contributed by atoms with Crippen LogP contribution in [0.1, 0.15) is 43.6 Å². The van der Waals surface area contributed by atoms with Crippen molar-refractivity contribution in [3.05, 3.63) is 60.0 Å². The van der Waals surface area contributed by atoms with E-state index in [2.05, 4.69) is 15.0 Å². The van der Waals surface area contributed by atoms with Gasteiger partial charge in [-0.2, -0.15) is 0 Å². The van der Waals surface area contributed by atoms with Gasteiger partial charge >= 0.3 is 0 Å². The minimum absolute atomic E-state index is 0.0681. The first-order chi connectivity index (χ1) is 16.4. The van der Waals surface area contributed by atoms with Crippen LogP contribution in [0.3, 0.4) is 0 Å². The zero-order valence-electron chi connectivity index (χ0n) is 19.3. The van der Waals surface area contributed by atoms with Crippen LogP contribution in [0.5, 0.6) is 5.75 Å².